The largest absolute Gasteiger partial charge is 0.416 e. The van der Waals surface area contributed by atoms with Crippen molar-refractivity contribution in [3.8, 4) is 0 Å². The van der Waals surface area contributed by atoms with E-state index in [1.54, 1.807) is 0 Å². The lowest BCUT2D eigenvalue weighted by atomic mass is 9.98. The number of carbonyl (C=O) groups excluding carboxylic acids is 1. The average molecular weight is 387 g/mol. The molecule has 0 fully saturated rings. The van der Waals surface area contributed by atoms with Crippen LogP contribution in [0.15, 0.2) is 42.5 Å². The minimum Gasteiger partial charge on any atom is -0.386 e. The fourth-order valence-corrected chi connectivity index (χ4v) is 2.57. The lowest BCUT2D eigenvalue weighted by Crippen LogP contribution is -2.33. The Labute approximate surface area is 152 Å². The third-order valence-corrected chi connectivity index (χ3v) is 4.03. The number of aliphatic hydroxyl groups excluding tert-OH is 1. The van der Waals surface area contributed by atoms with Crippen LogP contribution in [0.5, 0.6) is 0 Å². The number of hydrogen-bond acceptors (Lipinski definition) is 2. The van der Waals surface area contributed by atoms with E-state index in [0.29, 0.717) is 11.6 Å². The molecule has 0 heterocycles. The molecule has 0 aromatic heterocycles. The highest BCUT2D eigenvalue weighted by Gasteiger charge is 2.30. The second kappa shape index (κ2) is 8.47. The fourth-order valence-electron chi connectivity index (χ4n) is 2.57. The Morgan fingerprint density at radius 3 is 2.48 bits per heavy atom. The van der Waals surface area contributed by atoms with Gasteiger partial charge in [0, 0.05) is 24.1 Å². The van der Waals surface area contributed by atoms with Crippen LogP contribution in [0.4, 0.5) is 22.0 Å². The monoisotopic (exact) mass is 387 g/mol. The molecule has 146 valence electrons. The van der Waals surface area contributed by atoms with E-state index in [1.165, 1.54) is 19.1 Å². The lowest BCUT2D eigenvalue weighted by Gasteiger charge is -2.16. The highest BCUT2D eigenvalue weighted by Crippen LogP contribution is 2.30. The molecule has 2 atom stereocenters. The molecule has 3 nitrogen and oxygen atoms in total. The van der Waals surface area contributed by atoms with Gasteiger partial charge in [-0.25, -0.2) is 8.78 Å². The summed E-state index contributed by atoms with van der Waals surface area (Å²) in [6, 6.07) is 7.36. The first-order chi connectivity index (χ1) is 12.6. The van der Waals surface area contributed by atoms with Gasteiger partial charge in [-0.2, -0.15) is 13.2 Å². The van der Waals surface area contributed by atoms with Gasteiger partial charge in [-0.3, -0.25) is 4.79 Å². The van der Waals surface area contributed by atoms with Gasteiger partial charge in [0.15, 0.2) is 0 Å². The number of carbonyl (C=O) groups is 1. The Bertz CT molecular complexity index is 807. The maximum Gasteiger partial charge on any atom is 0.416 e. The Morgan fingerprint density at radius 1 is 1.15 bits per heavy atom. The second-order valence-electron chi connectivity index (χ2n) is 6.23. The van der Waals surface area contributed by atoms with Gasteiger partial charge in [0.25, 0.3) is 0 Å². The van der Waals surface area contributed by atoms with Gasteiger partial charge >= 0.3 is 6.18 Å². The van der Waals surface area contributed by atoms with Gasteiger partial charge in [0.2, 0.25) is 5.91 Å². The summed E-state index contributed by atoms with van der Waals surface area (Å²) in [7, 11) is 0. The quantitative estimate of drug-likeness (QED) is 0.736. The minimum atomic E-state index is -4.47. The van der Waals surface area contributed by atoms with Crippen LogP contribution in [-0.4, -0.2) is 17.6 Å². The van der Waals surface area contributed by atoms with Crippen LogP contribution < -0.4 is 5.32 Å². The molecular formula is C19H18F5NO2. The van der Waals surface area contributed by atoms with E-state index in [0.717, 1.165) is 24.3 Å². The third-order valence-electron chi connectivity index (χ3n) is 4.03. The number of amides is 1. The molecule has 0 saturated carbocycles. The van der Waals surface area contributed by atoms with Crippen LogP contribution in [0.3, 0.4) is 0 Å². The smallest absolute Gasteiger partial charge is 0.386 e. The molecule has 2 unspecified atom stereocenters. The molecule has 27 heavy (non-hydrogen) atoms. The van der Waals surface area contributed by atoms with E-state index in [2.05, 4.69) is 5.32 Å². The summed E-state index contributed by atoms with van der Waals surface area (Å²) in [6.45, 7) is 1.22. The van der Waals surface area contributed by atoms with E-state index in [-0.39, 0.29) is 18.5 Å². The molecule has 2 aromatic carbocycles. The molecule has 1 amide bonds. The molecular weight excluding hydrogens is 369 g/mol. The Hall–Kier alpha value is -2.48. The van der Waals surface area contributed by atoms with Crippen molar-refractivity contribution in [2.45, 2.75) is 25.6 Å². The SMILES string of the molecule is CC(Cc1cccc(C(F)(F)F)c1)C(=O)NCC(O)c1ccc(F)cc1F. The summed E-state index contributed by atoms with van der Waals surface area (Å²) in [6.07, 6.45) is -5.78. The maximum atomic E-state index is 13.6. The first-order valence-electron chi connectivity index (χ1n) is 8.14. The van der Waals surface area contributed by atoms with Crippen molar-refractivity contribution in [1.82, 2.24) is 5.32 Å². The van der Waals surface area contributed by atoms with Gasteiger partial charge in [-0.15, -0.1) is 0 Å². The van der Waals surface area contributed by atoms with E-state index in [9.17, 15) is 31.9 Å². The molecule has 0 saturated heterocycles. The highest BCUT2D eigenvalue weighted by atomic mass is 19.4. The highest BCUT2D eigenvalue weighted by molar-refractivity contribution is 5.78. The van der Waals surface area contributed by atoms with E-state index in [1.807, 2.05) is 0 Å². The second-order valence-corrected chi connectivity index (χ2v) is 6.23. The van der Waals surface area contributed by atoms with Gasteiger partial charge < -0.3 is 10.4 Å². The van der Waals surface area contributed by atoms with E-state index >= 15 is 0 Å². The summed E-state index contributed by atoms with van der Waals surface area (Å²) in [4.78, 5) is 12.1. The Morgan fingerprint density at radius 2 is 1.85 bits per heavy atom. The van der Waals surface area contributed by atoms with Crippen molar-refractivity contribution in [2.75, 3.05) is 6.54 Å². The van der Waals surface area contributed by atoms with Crippen LogP contribution in [0, 0.1) is 17.6 Å². The van der Waals surface area contributed by atoms with Crippen molar-refractivity contribution in [3.63, 3.8) is 0 Å². The topological polar surface area (TPSA) is 49.3 Å². The number of aliphatic hydroxyl groups is 1. The van der Waals surface area contributed by atoms with Crippen LogP contribution >= 0.6 is 0 Å². The van der Waals surface area contributed by atoms with Gasteiger partial charge in [-0.05, 0) is 24.1 Å². The zero-order valence-electron chi connectivity index (χ0n) is 14.4. The molecule has 0 aliphatic carbocycles. The Kier molecular flexibility index (Phi) is 6.54. The first-order valence-corrected chi connectivity index (χ1v) is 8.14. The molecule has 2 rings (SSSR count). The van der Waals surface area contributed by atoms with Crippen molar-refractivity contribution in [2.24, 2.45) is 5.92 Å². The van der Waals surface area contributed by atoms with Gasteiger partial charge in [-0.1, -0.05) is 31.2 Å². The molecule has 8 heteroatoms. The van der Waals surface area contributed by atoms with Crippen LogP contribution in [0.2, 0.25) is 0 Å². The molecule has 2 aromatic rings. The number of rotatable bonds is 6. The molecule has 0 bridgehead atoms. The molecule has 2 N–H and O–H groups in total. The predicted molar refractivity (Wildman–Crippen MR) is 88.6 cm³/mol. The van der Waals surface area contributed by atoms with Crippen LogP contribution in [-0.2, 0) is 17.4 Å². The van der Waals surface area contributed by atoms with Crippen LogP contribution in [0.1, 0.15) is 29.7 Å². The summed E-state index contributed by atoms with van der Waals surface area (Å²) in [5.41, 5.74) is -0.616. The number of alkyl halides is 3. The van der Waals surface area contributed by atoms with Crippen molar-refractivity contribution < 1.29 is 31.9 Å². The average Bonchev–Trinajstić information content (AvgIpc) is 2.58. The lowest BCUT2D eigenvalue weighted by molar-refractivity contribution is -0.137. The maximum absolute atomic E-state index is 13.6. The fraction of sp³-hybridized carbons (Fsp3) is 0.316. The summed E-state index contributed by atoms with van der Waals surface area (Å²) in [5.74, 6) is -2.90. The predicted octanol–water partition coefficient (Wildman–Crippen LogP) is 4.01. The minimum absolute atomic E-state index is 0.0662. The number of hydrogen-bond donors (Lipinski definition) is 2. The molecule has 0 spiro atoms. The van der Waals surface area contributed by atoms with Crippen molar-refractivity contribution in [1.29, 1.82) is 0 Å². The molecule has 0 aliphatic heterocycles. The number of nitrogens with one attached hydrogen (secondary N) is 1. The van der Waals surface area contributed by atoms with Gasteiger partial charge in [0.1, 0.15) is 11.6 Å². The van der Waals surface area contributed by atoms with Gasteiger partial charge in [0.05, 0.1) is 11.7 Å². The summed E-state index contributed by atoms with van der Waals surface area (Å²) >= 11 is 0. The normalized spacial score (nSPS) is 13.9. The molecule has 0 aliphatic rings. The Balaban J connectivity index is 1.94. The first kappa shape index (κ1) is 20.8. The third kappa shape index (κ3) is 5.75. The number of benzene rings is 2. The zero-order valence-corrected chi connectivity index (χ0v) is 14.4. The zero-order chi connectivity index (χ0) is 20.2. The molecule has 0 radical (unpaired) electrons. The summed E-state index contributed by atoms with van der Waals surface area (Å²) < 4.78 is 64.7. The standard InChI is InChI=1S/C19H18F5NO2/c1-11(7-12-3-2-4-13(8-12)19(22,23)24)18(27)25-10-17(26)15-6-5-14(20)9-16(15)21/h2-6,8-9,11,17,26H,7,10H2,1H3,(H,25,27). The van der Waals surface area contributed by atoms with E-state index < -0.39 is 41.3 Å². The number of halogens is 5. The van der Waals surface area contributed by atoms with Crippen molar-refractivity contribution in [3.05, 3.63) is 70.8 Å². The van der Waals surface area contributed by atoms with E-state index in [4.69, 9.17) is 0 Å². The van der Waals surface area contributed by atoms with Crippen LogP contribution in [0.25, 0.3) is 0 Å². The van der Waals surface area contributed by atoms with Crippen molar-refractivity contribution >= 4 is 5.91 Å². The summed E-state index contributed by atoms with van der Waals surface area (Å²) in [5, 5.41) is 12.4.